The maximum Gasteiger partial charge on any atom is 0.323 e. The fraction of sp³-hybridized carbons (Fsp3) is 0.500. The number of ether oxygens (including phenoxy) is 2. The van der Waals surface area contributed by atoms with Gasteiger partial charge < -0.3 is 19.9 Å². The molecule has 5 heteroatoms. The van der Waals surface area contributed by atoms with Crippen LogP contribution in [0.5, 0.6) is 11.5 Å². The summed E-state index contributed by atoms with van der Waals surface area (Å²) in [4.78, 5) is 11.1. The lowest BCUT2D eigenvalue weighted by atomic mass is 9.96. The number of hydrogen-bond donors (Lipinski definition) is 2. The van der Waals surface area contributed by atoms with Crippen LogP contribution >= 0.6 is 0 Å². The van der Waals surface area contributed by atoms with E-state index in [1.54, 1.807) is 21.1 Å². The number of carbonyl (C=O) groups is 1. The quantitative estimate of drug-likeness (QED) is 0.704. The highest BCUT2D eigenvalue weighted by molar-refractivity contribution is 5.78. The molecular formula is C14H21NO4. The molecular weight excluding hydrogens is 246 g/mol. The van der Waals surface area contributed by atoms with Crippen molar-refractivity contribution in [2.45, 2.75) is 25.3 Å². The highest BCUT2D eigenvalue weighted by atomic mass is 16.5. The zero-order valence-electron chi connectivity index (χ0n) is 11.6. The highest BCUT2D eigenvalue weighted by Gasteiger charge is 2.30. The first-order chi connectivity index (χ1) is 9.01. The van der Waals surface area contributed by atoms with Crippen molar-refractivity contribution >= 4 is 5.97 Å². The normalized spacial score (nSPS) is 13.6. The van der Waals surface area contributed by atoms with Crippen LogP contribution in [0.15, 0.2) is 24.3 Å². The standard InChI is InChI=1S/C14H21NO4/c1-14(15-2,13(16)17)9-4-10-19-12-7-5-11(18-3)6-8-12/h5-8,15H,4,9-10H2,1-3H3,(H,16,17). The Kier molecular flexibility index (Phi) is 5.63. The molecule has 0 aliphatic carbocycles. The van der Waals surface area contributed by atoms with Gasteiger partial charge in [0.15, 0.2) is 0 Å². The van der Waals surface area contributed by atoms with Gasteiger partial charge in [0.1, 0.15) is 17.0 Å². The summed E-state index contributed by atoms with van der Waals surface area (Å²) in [5.74, 6) is 0.683. The minimum absolute atomic E-state index is 0.483. The summed E-state index contributed by atoms with van der Waals surface area (Å²) in [5.41, 5.74) is -0.900. The number of hydrogen-bond acceptors (Lipinski definition) is 4. The molecule has 19 heavy (non-hydrogen) atoms. The van der Waals surface area contributed by atoms with E-state index in [2.05, 4.69) is 5.32 Å². The maximum atomic E-state index is 11.1. The first-order valence-electron chi connectivity index (χ1n) is 6.21. The van der Waals surface area contributed by atoms with Crippen molar-refractivity contribution in [2.75, 3.05) is 20.8 Å². The third kappa shape index (κ3) is 4.44. The van der Waals surface area contributed by atoms with Gasteiger partial charge in [0.2, 0.25) is 0 Å². The van der Waals surface area contributed by atoms with Crippen molar-refractivity contribution in [3.63, 3.8) is 0 Å². The lowest BCUT2D eigenvalue weighted by molar-refractivity contribution is -0.144. The van der Waals surface area contributed by atoms with Gasteiger partial charge in [-0.25, -0.2) is 0 Å². The number of nitrogens with one attached hydrogen (secondary N) is 1. The largest absolute Gasteiger partial charge is 0.497 e. The molecule has 0 heterocycles. The van der Waals surface area contributed by atoms with E-state index in [1.807, 2.05) is 24.3 Å². The van der Waals surface area contributed by atoms with Crippen LogP contribution in [-0.4, -0.2) is 37.4 Å². The van der Waals surface area contributed by atoms with Crippen LogP contribution in [-0.2, 0) is 4.79 Å². The zero-order chi connectivity index (χ0) is 14.3. The molecule has 1 atom stereocenters. The fourth-order valence-corrected chi connectivity index (χ4v) is 1.63. The summed E-state index contributed by atoms with van der Waals surface area (Å²) in [6.07, 6.45) is 1.17. The zero-order valence-corrected chi connectivity index (χ0v) is 11.6. The Morgan fingerprint density at radius 2 is 1.89 bits per heavy atom. The Balaban J connectivity index is 2.35. The van der Waals surface area contributed by atoms with Crippen molar-refractivity contribution in [1.29, 1.82) is 0 Å². The predicted molar refractivity (Wildman–Crippen MR) is 72.8 cm³/mol. The molecule has 0 fully saturated rings. The van der Waals surface area contributed by atoms with Crippen molar-refractivity contribution in [3.05, 3.63) is 24.3 Å². The Hall–Kier alpha value is -1.75. The third-order valence-electron chi connectivity index (χ3n) is 3.17. The Morgan fingerprint density at radius 3 is 2.37 bits per heavy atom. The van der Waals surface area contributed by atoms with E-state index >= 15 is 0 Å². The summed E-state index contributed by atoms with van der Waals surface area (Å²) in [5, 5.41) is 11.9. The molecule has 0 aliphatic rings. The number of likely N-dealkylation sites (N-methyl/N-ethyl adjacent to an activating group) is 1. The molecule has 5 nitrogen and oxygen atoms in total. The molecule has 2 N–H and O–H groups in total. The average Bonchev–Trinajstić information content (AvgIpc) is 2.43. The Bertz CT molecular complexity index is 404. The fourth-order valence-electron chi connectivity index (χ4n) is 1.63. The molecule has 0 bridgehead atoms. The second-order valence-electron chi connectivity index (χ2n) is 4.51. The summed E-state index contributed by atoms with van der Waals surface area (Å²) >= 11 is 0. The van der Waals surface area contributed by atoms with Gasteiger partial charge in [-0.3, -0.25) is 4.79 Å². The second kappa shape index (κ2) is 6.99. The van der Waals surface area contributed by atoms with E-state index in [4.69, 9.17) is 14.6 Å². The van der Waals surface area contributed by atoms with E-state index in [0.717, 1.165) is 11.5 Å². The van der Waals surface area contributed by atoms with Crippen molar-refractivity contribution in [1.82, 2.24) is 5.32 Å². The monoisotopic (exact) mass is 267 g/mol. The van der Waals surface area contributed by atoms with Crippen LogP contribution in [0.1, 0.15) is 19.8 Å². The Morgan fingerprint density at radius 1 is 1.32 bits per heavy atom. The lowest BCUT2D eigenvalue weighted by Crippen LogP contribution is -2.47. The van der Waals surface area contributed by atoms with E-state index in [0.29, 0.717) is 19.4 Å². The van der Waals surface area contributed by atoms with Gasteiger partial charge in [-0.15, -0.1) is 0 Å². The van der Waals surface area contributed by atoms with Crippen LogP contribution in [0, 0.1) is 0 Å². The third-order valence-corrected chi connectivity index (χ3v) is 3.17. The van der Waals surface area contributed by atoms with Crippen molar-refractivity contribution in [3.8, 4) is 11.5 Å². The molecule has 0 aromatic heterocycles. The predicted octanol–water partition coefficient (Wildman–Crippen LogP) is 1.92. The topological polar surface area (TPSA) is 67.8 Å². The number of rotatable bonds is 8. The van der Waals surface area contributed by atoms with Crippen LogP contribution < -0.4 is 14.8 Å². The molecule has 0 amide bonds. The van der Waals surface area contributed by atoms with E-state index < -0.39 is 11.5 Å². The highest BCUT2D eigenvalue weighted by Crippen LogP contribution is 2.18. The average molecular weight is 267 g/mol. The van der Waals surface area contributed by atoms with Gasteiger partial charge in [-0.05, 0) is 51.1 Å². The van der Waals surface area contributed by atoms with Crippen LogP contribution in [0.3, 0.4) is 0 Å². The number of carboxylic acids is 1. The first kappa shape index (κ1) is 15.3. The van der Waals surface area contributed by atoms with Gasteiger partial charge >= 0.3 is 5.97 Å². The molecule has 0 aliphatic heterocycles. The molecule has 0 radical (unpaired) electrons. The molecule has 106 valence electrons. The smallest absolute Gasteiger partial charge is 0.323 e. The minimum atomic E-state index is -0.900. The van der Waals surface area contributed by atoms with Crippen LogP contribution in [0.25, 0.3) is 0 Å². The molecule has 0 saturated heterocycles. The number of aliphatic carboxylic acids is 1. The van der Waals surface area contributed by atoms with Crippen LogP contribution in [0.2, 0.25) is 0 Å². The molecule has 1 rings (SSSR count). The lowest BCUT2D eigenvalue weighted by Gasteiger charge is -2.23. The Labute approximate surface area is 113 Å². The van der Waals surface area contributed by atoms with E-state index in [1.165, 1.54) is 0 Å². The molecule has 1 aromatic rings. The number of carboxylic acid groups (broad SMARTS) is 1. The van der Waals surface area contributed by atoms with Gasteiger partial charge in [0, 0.05) is 0 Å². The number of benzene rings is 1. The first-order valence-corrected chi connectivity index (χ1v) is 6.21. The summed E-state index contributed by atoms with van der Waals surface area (Å²) in [6, 6.07) is 7.30. The van der Waals surface area contributed by atoms with Crippen LogP contribution in [0.4, 0.5) is 0 Å². The minimum Gasteiger partial charge on any atom is -0.497 e. The van der Waals surface area contributed by atoms with Crippen molar-refractivity contribution < 1.29 is 19.4 Å². The van der Waals surface area contributed by atoms with Gasteiger partial charge in [0.25, 0.3) is 0 Å². The SMILES string of the molecule is CNC(C)(CCCOc1ccc(OC)cc1)C(=O)O. The van der Waals surface area contributed by atoms with Crippen molar-refractivity contribution in [2.24, 2.45) is 0 Å². The molecule has 0 saturated carbocycles. The van der Waals surface area contributed by atoms with Gasteiger partial charge in [0.05, 0.1) is 13.7 Å². The second-order valence-corrected chi connectivity index (χ2v) is 4.51. The van der Waals surface area contributed by atoms with Gasteiger partial charge in [-0.1, -0.05) is 0 Å². The number of methoxy groups -OCH3 is 1. The summed E-state index contributed by atoms with van der Waals surface area (Å²) in [7, 11) is 3.26. The molecule has 0 spiro atoms. The maximum absolute atomic E-state index is 11.1. The van der Waals surface area contributed by atoms with E-state index in [-0.39, 0.29) is 0 Å². The molecule has 1 unspecified atom stereocenters. The molecule has 1 aromatic carbocycles. The van der Waals surface area contributed by atoms with E-state index in [9.17, 15) is 4.79 Å². The summed E-state index contributed by atoms with van der Waals surface area (Å²) < 4.78 is 10.6. The van der Waals surface area contributed by atoms with Gasteiger partial charge in [-0.2, -0.15) is 0 Å². The summed E-state index contributed by atoms with van der Waals surface area (Å²) in [6.45, 7) is 2.15.